The van der Waals surface area contributed by atoms with E-state index in [1.54, 1.807) is 4.57 Å². The van der Waals surface area contributed by atoms with Crippen LogP contribution >= 0.6 is 51.2 Å². The number of thiocarbonyl (C=S) groups is 1. The fourth-order valence-electron chi connectivity index (χ4n) is 1.63. The molecule has 1 aromatic carbocycles. The largest absolute Gasteiger partial charge is 0.549 e. The first kappa shape index (κ1) is 16.5. The van der Waals surface area contributed by atoms with Crippen LogP contribution in [0, 0.1) is 0 Å². The van der Waals surface area contributed by atoms with Crippen LogP contribution in [0.2, 0.25) is 0 Å². The second kappa shape index (κ2) is 7.39. The average molecular weight is 407 g/mol. The molecule has 0 spiro atoms. The van der Waals surface area contributed by atoms with Gasteiger partial charge < -0.3 is 14.6 Å². The maximum atomic E-state index is 11.9. The van der Waals surface area contributed by atoms with Crippen LogP contribution in [-0.4, -0.2) is 27.3 Å². The highest BCUT2D eigenvalue weighted by molar-refractivity contribution is 9.10. The van der Waals surface area contributed by atoms with Crippen molar-refractivity contribution in [1.82, 2.24) is 4.57 Å². The van der Waals surface area contributed by atoms with E-state index < -0.39 is 5.97 Å². The van der Waals surface area contributed by atoms with E-state index in [0.717, 1.165) is 37.8 Å². The van der Waals surface area contributed by atoms with Crippen molar-refractivity contribution < 1.29 is 14.6 Å². The molecular formula is C12H9BrNO4S3-. The number of aliphatic carboxylic acids is 1. The monoisotopic (exact) mass is 406 g/mol. The van der Waals surface area contributed by atoms with Gasteiger partial charge in [-0.15, -0.1) is 0 Å². The first-order valence-corrected chi connectivity index (χ1v) is 8.76. The molecule has 21 heavy (non-hydrogen) atoms. The van der Waals surface area contributed by atoms with Crippen LogP contribution in [0.1, 0.15) is 0 Å². The summed E-state index contributed by atoms with van der Waals surface area (Å²) in [7, 11) is 0. The fraction of sp³-hybridized carbons (Fsp3) is 0.250. The Morgan fingerprint density at radius 3 is 3.00 bits per heavy atom. The summed E-state index contributed by atoms with van der Waals surface area (Å²) in [5.41, 5.74) is 0.838. The van der Waals surface area contributed by atoms with Gasteiger partial charge in [0, 0.05) is 10.2 Å². The highest BCUT2D eigenvalue weighted by Crippen LogP contribution is 2.22. The molecule has 0 unspecified atom stereocenters. The molecule has 2 rings (SSSR count). The van der Waals surface area contributed by atoms with Crippen LogP contribution in [-0.2, 0) is 16.1 Å². The summed E-state index contributed by atoms with van der Waals surface area (Å²) < 4.78 is 8.78. The first-order valence-electron chi connectivity index (χ1n) is 5.75. The Balaban J connectivity index is 1.98. The van der Waals surface area contributed by atoms with Gasteiger partial charge in [0.25, 0.3) is 0 Å². The predicted molar refractivity (Wildman–Crippen MR) is 89.8 cm³/mol. The maximum absolute atomic E-state index is 11.9. The van der Waals surface area contributed by atoms with Gasteiger partial charge in [-0.2, -0.15) is 0 Å². The molecular weight excluding hydrogens is 398 g/mol. The first-order chi connectivity index (χ1) is 9.97. The molecule has 0 atom stereocenters. The molecule has 0 bridgehead atoms. The summed E-state index contributed by atoms with van der Waals surface area (Å²) in [6.07, 6.45) is 0. The maximum Gasteiger partial charge on any atom is 0.308 e. The normalized spacial score (nSPS) is 10.7. The smallest absolute Gasteiger partial charge is 0.308 e. The van der Waals surface area contributed by atoms with Crippen LogP contribution < -0.4 is 9.98 Å². The van der Waals surface area contributed by atoms with E-state index in [4.69, 9.17) is 17.0 Å². The van der Waals surface area contributed by atoms with Crippen molar-refractivity contribution in [3.8, 4) is 0 Å². The number of carboxylic acid groups (broad SMARTS) is 1. The summed E-state index contributed by atoms with van der Waals surface area (Å²) in [5.74, 6) is -1.44. The number of carbonyl (C=O) groups is 1. The minimum Gasteiger partial charge on any atom is -0.549 e. The van der Waals surface area contributed by atoms with Gasteiger partial charge in [0.1, 0.15) is 6.61 Å². The van der Waals surface area contributed by atoms with Crippen LogP contribution in [0.4, 0.5) is 0 Å². The van der Waals surface area contributed by atoms with Gasteiger partial charge >= 0.3 is 4.87 Å². The van der Waals surface area contributed by atoms with Crippen molar-refractivity contribution in [2.75, 3.05) is 12.4 Å². The quantitative estimate of drug-likeness (QED) is 0.702. The Bertz CT molecular complexity index is 740. The SMILES string of the molecule is O=C([O-])CSC(=S)OCCn1c(=O)sc2cc(Br)ccc21. The van der Waals surface area contributed by atoms with Crippen molar-refractivity contribution >= 4 is 71.8 Å². The molecule has 0 amide bonds. The second-order valence-electron chi connectivity index (χ2n) is 3.89. The minimum atomic E-state index is -1.20. The Hall–Kier alpha value is -0.900. The zero-order chi connectivity index (χ0) is 15.4. The van der Waals surface area contributed by atoms with E-state index in [2.05, 4.69) is 15.9 Å². The minimum absolute atomic E-state index is 0.0694. The van der Waals surface area contributed by atoms with Crippen molar-refractivity contribution in [2.45, 2.75) is 6.54 Å². The van der Waals surface area contributed by atoms with Gasteiger partial charge in [-0.3, -0.25) is 9.36 Å². The molecule has 2 aromatic rings. The third-order valence-corrected chi connectivity index (χ3v) is 5.11. The lowest BCUT2D eigenvalue weighted by Gasteiger charge is -2.08. The molecule has 5 nitrogen and oxygen atoms in total. The fourth-order valence-corrected chi connectivity index (χ4v) is 3.76. The van der Waals surface area contributed by atoms with Crippen LogP contribution in [0.25, 0.3) is 10.2 Å². The van der Waals surface area contributed by atoms with Crippen molar-refractivity contribution in [2.24, 2.45) is 0 Å². The highest BCUT2D eigenvalue weighted by atomic mass is 79.9. The van der Waals surface area contributed by atoms with Gasteiger partial charge in [0.2, 0.25) is 4.38 Å². The molecule has 9 heteroatoms. The predicted octanol–water partition coefficient (Wildman–Crippen LogP) is 1.61. The molecule has 0 saturated carbocycles. The number of halogens is 1. The molecule has 1 aromatic heterocycles. The molecule has 0 saturated heterocycles. The highest BCUT2D eigenvalue weighted by Gasteiger charge is 2.08. The zero-order valence-corrected chi connectivity index (χ0v) is 14.6. The van der Waals surface area contributed by atoms with Gasteiger partial charge in [-0.25, -0.2) is 0 Å². The summed E-state index contributed by atoms with van der Waals surface area (Å²) >= 11 is 10.3. The van der Waals surface area contributed by atoms with Crippen molar-refractivity contribution in [1.29, 1.82) is 0 Å². The van der Waals surface area contributed by atoms with Gasteiger partial charge in [-0.05, 0) is 30.4 Å². The topological polar surface area (TPSA) is 71.4 Å². The molecule has 112 valence electrons. The third-order valence-electron chi connectivity index (χ3n) is 2.47. The number of thiazole rings is 1. The summed E-state index contributed by atoms with van der Waals surface area (Å²) in [4.78, 5) is 22.1. The Kier molecular flexibility index (Phi) is 5.80. The Labute approximate surface area is 142 Å². The van der Waals surface area contributed by atoms with E-state index >= 15 is 0 Å². The number of fused-ring (bicyclic) bond motifs is 1. The zero-order valence-electron chi connectivity index (χ0n) is 10.5. The van der Waals surface area contributed by atoms with E-state index in [1.165, 1.54) is 0 Å². The average Bonchev–Trinajstić information content (AvgIpc) is 2.72. The van der Waals surface area contributed by atoms with Gasteiger partial charge in [0.15, 0.2) is 0 Å². The lowest BCUT2D eigenvalue weighted by atomic mass is 10.3. The second-order valence-corrected chi connectivity index (χ2v) is 7.38. The number of thioether (sulfide) groups is 1. The third kappa shape index (κ3) is 4.53. The summed E-state index contributed by atoms with van der Waals surface area (Å²) in [6.45, 7) is 0.563. The summed E-state index contributed by atoms with van der Waals surface area (Å²) in [5, 5.41) is 10.3. The van der Waals surface area contributed by atoms with E-state index in [-0.39, 0.29) is 21.6 Å². The van der Waals surface area contributed by atoms with E-state index in [9.17, 15) is 14.7 Å². The van der Waals surface area contributed by atoms with Crippen LogP contribution in [0.15, 0.2) is 27.5 Å². The Morgan fingerprint density at radius 1 is 1.52 bits per heavy atom. The summed E-state index contributed by atoms with van der Waals surface area (Å²) in [6, 6.07) is 5.62. The number of carboxylic acids is 1. The lowest BCUT2D eigenvalue weighted by molar-refractivity contribution is -0.301. The number of ether oxygens (including phenoxy) is 1. The van der Waals surface area contributed by atoms with Gasteiger partial charge in [0.05, 0.1) is 22.7 Å². The van der Waals surface area contributed by atoms with E-state index in [1.807, 2.05) is 18.2 Å². The molecule has 1 heterocycles. The number of aromatic nitrogens is 1. The van der Waals surface area contributed by atoms with Gasteiger partial charge in [-0.1, -0.05) is 39.0 Å². The van der Waals surface area contributed by atoms with Crippen molar-refractivity contribution in [3.63, 3.8) is 0 Å². The number of carbonyl (C=O) groups excluding carboxylic acids is 1. The molecule has 0 aliphatic rings. The van der Waals surface area contributed by atoms with Crippen LogP contribution in [0.3, 0.4) is 0 Å². The number of nitrogens with zero attached hydrogens (tertiary/aromatic N) is 1. The number of benzene rings is 1. The molecule has 0 radical (unpaired) electrons. The molecule has 0 aliphatic carbocycles. The molecule has 0 aliphatic heterocycles. The number of hydrogen-bond donors (Lipinski definition) is 0. The Morgan fingerprint density at radius 2 is 2.29 bits per heavy atom. The molecule has 0 N–H and O–H groups in total. The number of hydrogen-bond acceptors (Lipinski definition) is 7. The number of rotatable bonds is 5. The molecule has 0 fully saturated rings. The van der Waals surface area contributed by atoms with E-state index in [0.29, 0.717) is 6.54 Å². The van der Waals surface area contributed by atoms with Crippen LogP contribution in [0.5, 0.6) is 0 Å². The van der Waals surface area contributed by atoms with Crippen molar-refractivity contribution in [3.05, 3.63) is 32.3 Å². The lowest BCUT2D eigenvalue weighted by Crippen LogP contribution is -2.25. The standard InChI is InChI=1S/C12H10BrNO4S3/c13-7-1-2-8-9(5-7)21-11(17)14(8)3-4-18-12(19)20-6-10(15)16/h1-2,5H,3-4,6H2,(H,15,16)/p-1.